The summed E-state index contributed by atoms with van der Waals surface area (Å²) in [6, 6.07) is 22.9. The summed E-state index contributed by atoms with van der Waals surface area (Å²) in [5.41, 5.74) is 0. The first-order chi connectivity index (χ1) is 6.95. The van der Waals surface area contributed by atoms with Crippen LogP contribution in [0.1, 0.15) is 0 Å². The molecule has 3 rings (SSSR count). The molecule has 0 unspecified atom stereocenters. The fourth-order valence-corrected chi connectivity index (χ4v) is 1.79. The van der Waals surface area contributed by atoms with Crippen molar-refractivity contribution in [1.82, 2.24) is 0 Å². The maximum absolute atomic E-state index is 3.26. The summed E-state index contributed by atoms with van der Waals surface area (Å²) in [6.07, 6.45) is 0. The Kier molecular flexibility index (Phi) is 2.86. The van der Waals surface area contributed by atoms with E-state index in [0.717, 1.165) is 10.8 Å². The first kappa shape index (κ1) is 10.4. The molecule has 1 radical (unpaired) electrons. The minimum Gasteiger partial charge on any atom is -0.219 e. The van der Waals surface area contributed by atoms with Crippen LogP contribution in [0.3, 0.4) is 0 Å². The number of fused-ring (bicyclic) bond motifs is 3. The predicted molar refractivity (Wildman–Crippen MR) is 59.1 cm³/mol. The Bertz CT molecular complexity index is 544. The zero-order valence-corrected chi connectivity index (χ0v) is 10.3. The largest absolute Gasteiger partial charge is 0.219 e. The molecular formula is C14H8Ir-2. The van der Waals surface area contributed by atoms with Crippen LogP contribution in [0.25, 0.3) is 21.5 Å². The molecule has 0 aliphatic carbocycles. The SMILES string of the molecule is [Ir].[c-]1cccc2ccc3ccc[c-]c3c12. The minimum absolute atomic E-state index is 0. The molecule has 0 spiro atoms. The van der Waals surface area contributed by atoms with E-state index < -0.39 is 0 Å². The van der Waals surface area contributed by atoms with Gasteiger partial charge in [0.25, 0.3) is 0 Å². The first-order valence-corrected chi connectivity index (χ1v) is 4.65. The number of rotatable bonds is 0. The molecule has 0 aliphatic rings. The van der Waals surface area contributed by atoms with E-state index in [1.165, 1.54) is 10.8 Å². The molecule has 3 aromatic rings. The second kappa shape index (κ2) is 4.14. The van der Waals surface area contributed by atoms with Crippen molar-refractivity contribution < 1.29 is 20.1 Å². The second-order valence-electron chi connectivity index (χ2n) is 3.33. The van der Waals surface area contributed by atoms with Gasteiger partial charge in [-0.15, -0.1) is 36.4 Å². The number of hydrogen-bond donors (Lipinski definition) is 0. The van der Waals surface area contributed by atoms with Crippen LogP contribution in [0.5, 0.6) is 0 Å². The number of benzene rings is 3. The Balaban J connectivity index is 0.000000853. The Labute approximate surface area is 102 Å². The van der Waals surface area contributed by atoms with E-state index in [-0.39, 0.29) is 20.1 Å². The zero-order valence-electron chi connectivity index (χ0n) is 7.95. The van der Waals surface area contributed by atoms with Crippen LogP contribution >= 0.6 is 0 Å². The van der Waals surface area contributed by atoms with E-state index in [1.807, 2.05) is 24.3 Å². The molecule has 3 aromatic carbocycles. The Morgan fingerprint density at radius 3 is 1.60 bits per heavy atom. The first-order valence-electron chi connectivity index (χ1n) is 4.65. The van der Waals surface area contributed by atoms with Gasteiger partial charge in [0.15, 0.2) is 0 Å². The van der Waals surface area contributed by atoms with Gasteiger partial charge in [-0.1, -0.05) is 0 Å². The molecule has 0 nitrogen and oxygen atoms in total. The average Bonchev–Trinajstić information content (AvgIpc) is 2.29. The predicted octanol–water partition coefficient (Wildman–Crippen LogP) is 3.59. The van der Waals surface area contributed by atoms with Gasteiger partial charge in [-0.3, -0.25) is 0 Å². The molecule has 0 bridgehead atoms. The van der Waals surface area contributed by atoms with Crippen molar-refractivity contribution in [3.63, 3.8) is 0 Å². The van der Waals surface area contributed by atoms with E-state index in [4.69, 9.17) is 0 Å². The van der Waals surface area contributed by atoms with Crippen molar-refractivity contribution in [1.29, 1.82) is 0 Å². The summed E-state index contributed by atoms with van der Waals surface area (Å²) in [7, 11) is 0. The third-order valence-electron chi connectivity index (χ3n) is 2.47. The minimum atomic E-state index is 0. The number of hydrogen-bond acceptors (Lipinski definition) is 0. The second-order valence-corrected chi connectivity index (χ2v) is 3.33. The van der Waals surface area contributed by atoms with Gasteiger partial charge in [0, 0.05) is 20.1 Å². The van der Waals surface area contributed by atoms with Gasteiger partial charge in [-0.25, -0.2) is 10.8 Å². The van der Waals surface area contributed by atoms with E-state index in [9.17, 15) is 0 Å². The van der Waals surface area contributed by atoms with Crippen molar-refractivity contribution in [2.45, 2.75) is 0 Å². The molecule has 75 valence electrons. The fourth-order valence-electron chi connectivity index (χ4n) is 1.79. The maximum atomic E-state index is 3.26. The molecule has 0 saturated heterocycles. The molecule has 0 aromatic heterocycles. The monoisotopic (exact) mass is 369 g/mol. The van der Waals surface area contributed by atoms with Crippen LogP contribution in [0.4, 0.5) is 0 Å². The fraction of sp³-hybridized carbons (Fsp3) is 0. The molecule has 0 aliphatic heterocycles. The maximum Gasteiger partial charge on any atom is 0 e. The van der Waals surface area contributed by atoms with Crippen LogP contribution in [0.2, 0.25) is 0 Å². The molecule has 0 fully saturated rings. The van der Waals surface area contributed by atoms with Gasteiger partial charge in [0.05, 0.1) is 0 Å². The van der Waals surface area contributed by atoms with Crippen LogP contribution < -0.4 is 0 Å². The molecular weight excluding hydrogens is 360 g/mol. The summed E-state index contributed by atoms with van der Waals surface area (Å²) in [5.74, 6) is 0. The van der Waals surface area contributed by atoms with E-state index in [1.54, 1.807) is 0 Å². The van der Waals surface area contributed by atoms with Crippen LogP contribution in [-0.4, -0.2) is 0 Å². The summed E-state index contributed by atoms with van der Waals surface area (Å²) < 4.78 is 0. The van der Waals surface area contributed by atoms with Gasteiger partial charge < -0.3 is 0 Å². The third-order valence-corrected chi connectivity index (χ3v) is 2.47. The molecule has 0 saturated carbocycles. The van der Waals surface area contributed by atoms with Gasteiger partial charge in [-0.05, 0) is 0 Å². The smallest absolute Gasteiger partial charge is 0 e. The zero-order chi connectivity index (χ0) is 9.38. The third kappa shape index (κ3) is 1.69. The molecule has 0 N–H and O–H groups in total. The average molecular weight is 368 g/mol. The molecule has 1 heteroatoms. The van der Waals surface area contributed by atoms with Gasteiger partial charge in [0.1, 0.15) is 0 Å². The molecule has 15 heavy (non-hydrogen) atoms. The Morgan fingerprint density at radius 1 is 0.667 bits per heavy atom. The van der Waals surface area contributed by atoms with Crippen LogP contribution in [0, 0.1) is 12.1 Å². The van der Waals surface area contributed by atoms with E-state index in [2.05, 4.69) is 36.4 Å². The quantitative estimate of drug-likeness (QED) is 0.420. The van der Waals surface area contributed by atoms with E-state index >= 15 is 0 Å². The topological polar surface area (TPSA) is 0 Å². The normalized spacial score (nSPS) is 10.1. The summed E-state index contributed by atoms with van der Waals surface area (Å²) in [6.45, 7) is 0. The molecule has 0 heterocycles. The van der Waals surface area contributed by atoms with Crippen molar-refractivity contribution in [3.05, 3.63) is 60.7 Å². The van der Waals surface area contributed by atoms with Gasteiger partial charge in [0.2, 0.25) is 0 Å². The van der Waals surface area contributed by atoms with Crippen molar-refractivity contribution >= 4 is 21.5 Å². The van der Waals surface area contributed by atoms with Crippen molar-refractivity contribution in [3.8, 4) is 0 Å². The van der Waals surface area contributed by atoms with Crippen LogP contribution in [-0.2, 0) is 20.1 Å². The van der Waals surface area contributed by atoms with Crippen LogP contribution in [0.15, 0.2) is 48.5 Å². The Hall–Kier alpha value is -1.17. The summed E-state index contributed by atoms with van der Waals surface area (Å²) in [4.78, 5) is 0. The summed E-state index contributed by atoms with van der Waals surface area (Å²) >= 11 is 0. The van der Waals surface area contributed by atoms with Gasteiger partial charge >= 0.3 is 0 Å². The van der Waals surface area contributed by atoms with Gasteiger partial charge in [-0.2, -0.15) is 35.0 Å². The molecule has 0 atom stereocenters. The molecule has 0 amide bonds. The van der Waals surface area contributed by atoms with E-state index in [0.29, 0.717) is 0 Å². The standard InChI is InChI=1S/C14H8.Ir/c1-3-7-13-11(5-1)9-10-12-6-2-4-8-14(12)13;/h1-6,9-10H;/q-2;. The van der Waals surface area contributed by atoms with Crippen molar-refractivity contribution in [2.75, 3.05) is 0 Å². The van der Waals surface area contributed by atoms with Crippen molar-refractivity contribution in [2.24, 2.45) is 0 Å². The Morgan fingerprint density at radius 2 is 1.13 bits per heavy atom. The summed E-state index contributed by atoms with van der Waals surface area (Å²) in [5, 5.41) is 4.76.